The molecule has 4 nitrogen and oxygen atoms in total. The van der Waals surface area contributed by atoms with Crippen LogP contribution in [0.25, 0.3) is 11.0 Å². The lowest BCUT2D eigenvalue weighted by atomic mass is 10.0. The number of thioether (sulfide) groups is 1. The zero-order valence-electron chi connectivity index (χ0n) is 14.4. The van der Waals surface area contributed by atoms with Crippen LogP contribution in [0, 0.1) is 0 Å². The largest absolute Gasteiger partial charge is 0.325 e. The van der Waals surface area contributed by atoms with Crippen LogP contribution in [-0.2, 0) is 4.79 Å². The van der Waals surface area contributed by atoms with Crippen molar-refractivity contribution in [1.82, 2.24) is 9.55 Å². The quantitative estimate of drug-likeness (QED) is 0.596. The van der Waals surface area contributed by atoms with Crippen LogP contribution in [-0.4, -0.2) is 21.2 Å². The number of nitrogens with one attached hydrogen (secondary N) is 1. The van der Waals surface area contributed by atoms with E-state index in [2.05, 4.69) is 24.1 Å². The molecule has 136 valence electrons. The van der Waals surface area contributed by atoms with E-state index in [1.54, 1.807) is 24.3 Å². The third kappa shape index (κ3) is 4.04. The highest BCUT2D eigenvalue weighted by Gasteiger charge is 2.18. The Morgan fingerprint density at radius 2 is 1.96 bits per heavy atom. The minimum atomic E-state index is -2.71. The number of amides is 1. The summed E-state index contributed by atoms with van der Waals surface area (Å²) in [7, 11) is 0. The van der Waals surface area contributed by atoms with Gasteiger partial charge in [0.05, 0.1) is 16.8 Å². The number of fused-ring (bicyclic) bond motifs is 1. The number of imidazole rings is 1. The third-order valence-electron chi connectivity index (χ3n) is 3.93. The molecular weight excluding hydrogens is 356 g/mol. The Morgan fingerprint density at radius 3 is 2.69 bits per heavy atom. The van der Waals surface area contributed by atoms with Crippen LogP contribution < -0.4 is 5.32 Å². The number of carbonyl (C=O) groups excluding carboxylic acids is 1. The maximum absolute atomic E-state index is 13.4. The number of benzene rings is 2. The van der Waals surface area contributed by atoms with Crippen molar-refractivity contribution in [3.8, 4) is 0 Å². The molecular formula is C19H19F2N3OS. The molecule has 0 unspecified atom stereocenters. The Morgan fingerprint density at radius 1 is 1.19 bits per heavy atom. The summed E-state index contributed by atoms with van der Waals surface area (Å²) in [6, 6.07) is 14.3. The molecule has 0 aliphatic carbocycles. The Bertz CT molecular complexity index is 924. The highest BCUT2D eigenvalue weighted by Crippen LogP contribution is 2.29. The van der Waals surface area contributed by atoms with E-state index in [4.69, 9.17) is 0 Å². The standard InChI is InChI=1S/C19H19F2N3OS/c1-12(2)13-6-5-7-14(10-13)22-17(25)11-26-19-23-15-8-3-4-9-16(15)24(19)18(20)21/h3-10,12,18H,11H2,1-2H3,(H,22,25). The fourth-order valence-electron chi connectivity index (χ4n) is 2.62. The van der Waals surface area contributed by atoms with Crippen LogP contribution in [0.5, 0.6) is 0 Å². The lowest BCUT2D eigenvalue weighted by Crippen LogP contribution is -2.15. The van der Waals surface area contributed by atoms with Gasteiger partial charge in [-0.15, -0.1) is 0 Å². The first-order chi connectivity index (χ1) is 12.5. The minimum Gasteiger partial charge on any atom is -0.325 e. The summed E-state index contributed by atoms with van der Waals surface area (Å²) < 4.78 is 27.6. The summed E-state index contributed by atoms with van der Waals surface area (Å²) in [4.78, 5) is 16.4. The molecule has 0 radical (unpaired) electrons. The Kier molecular flexibility index (Phi) is 5.56. The van der Waals surface area contributed by atoms with Crippen LogP contribution >= 0.6 is 11.8 Å². The number of halogens is 2. The number of hydrogen-bond acceptors (Lipinski definition) is 3. The van der Waals surface area contributed by atoms with Crippen LogP contribution in [0.4, 0.5) is 14.5 Å². The second-order valence-electron chi connectivity index (χ2n) is 6.15. The molecule has 26 heavy (non-hydrogen) atoms. The van der Waals surface area contributed by atoms with E-state index in [1.807, 2.05) is 24.3 Å². The van der Waals surface area contributed by atoms with Crippen molar-refractivity contribution in [2.24, 2.45) is 0 Å². The molecule has 1 N–H and O–H groups in total. The van der Waals surface area contributed by atoms with Gasteiger partial charge in [0.15, 0.2) is 5.16 Å². The van der Waals surface area contributed by atoms with Gasteiger partial charge in [-0.05, 0) is 35.7 Å². The second-order valence-corrected chi connectivity index (χ2v) is 7.09. The highest BCUT2D eigenvalue weighted by molar-refractivity contribution is 7.99. The van der Waals surface area contributed by atoms with Gasteiger partial charge in [0.1, 0.15) is 0 Å². The van der Waals surface area contributed by atoms with Gasteiger partial charge in [0, 0.05) is 5.69 Å². The number of rotatable bonds is 6. The van der Waals surface area contributed by atoms with Crippen molar-refractivity contribution in [2.45, 2.75) is 31.5 Å². The van der Waals surface area contributed by atoms with E-state index in [1.165, 1.54) is 0 Å². The van der Waals surface area contributed by atoms with Crippen molar-refractivity contribution >= 4 is 34.4 Å². The third-order valence-corrected chi connectivity index (χ3v) is 4.88. The predicted octanol–water partition coefficient (Wildman–Crippen LogP) is 5.29. The van der Waals surface area contributed by atoms with Gasteiger partial charge >= 0.3 is 6.55 Å². The summed E-state index contributed by atoms with van der Waals surface area (Å²) in [5, 5.41) is 2.94. The number of para-hydroxylation sites is 2. The summed E-state index contributed by atoms with van der Waals surface area (Å²) in [6.07, 6.45) is 0. The van der Waals surface area contributed by atoms with Crippen LogP contribution in [0.1, 0.15) is 31.9 Å². The molecule has 2 aromatic carbocycles. The second kappa shape index (κ2) is 7.86. The van der Waals surface area contributed by atoms with Crippen molar-refractivity contribution in [2.75, 3.05) is 11.1 Å². The number of nitrogens with zero attached hydrogens (tertiary/aromatic N) is 2. The molecule has 1 heterocycles. The smallest absolute Gasteiger partial charge is 0.321 e. The fraction of sp³-hybridized carbons (Fsp3) is 0.263. The van der Waals surface area contributed by atoms with E-state index in [-0.39, 0.29) is 16.8 Å². The molecule has 0 saturated carbocycles. The van der Waals surface area contributed by atoms with Crippen molar-refractivity contribution in [1.29, 1.82) is 0 Å². The van der Waals surface area contributed by atoms with E-state index in [0.717, 1.165) is 21.9 Å². The average Bonchev–Trinajstić information content (AvgIpc) is 2.98. The Hall–Kier alpha value is -2.41. The zero-order chi connectivity index (χ0) is 18.7. The maximum Gasteiger partial charge on any atom is 0.321 e. The fourth-order valence-corrected chi connectivity index (χ4v) is 3.43. The summed E-state index contributed by atoms with van der Waals surface area (Å²) in [5.41, 5.74) is 2.66. The van der Waals surface area contributed by atoms with Gasteiger partial charge in [0.2, 0.25) is 5.91 Å². The van der Waals surface area contributed by atoms with E-state index < -0.39 is 6.55 Å². The molecule has 0 bridgehead atoms. The number of alkyl halides is 2. The molecule has 1 aromatic heterocycles. The summed E-state index contributed by atoms with van der Waals surface area (Å²) >= 11 is 0.999. The number of hydrogen-bond donors (Lipinski definition) is 1. The predicted molar refractivity (Wildman–Crippen MR) is 101 cm³/mol. The topological polar surface area (TPSA) is 46.9 Å². The van der Waals surface area contributed by atoms with Crippen LogP contribution in [0.15, 0.2) is 53.7 Å². The molecule has 7 heteroatoms. The first-order valence-corrected chi connectivity index (χ1v) is 9.22. The molecule has 3 rings (SSSR count). The first-order valence-electron chi connectivity index (χ1n) is 8.23. The lowest BCUT2D eigenvalue weighted by Gasteiger charge is -2.10. The highest BCUT2D eigenvalue weighted by atomic mass is 32.2. The lowest BCUT2D eigenvalue weighted by molar-refractivity contribution is -0.113. The average molecular weight is 375 g/mol. The van der Waals surface area contributed by atoms with Crippen LogP contribution in [0.2, 0.25) is 0 Å². The minimum absolute atomic E-state index is 0.00193. The van der Waals surface area contributed by atoms with Crippen molar-refractivity contribution in [3.63, 3.8) is 0 Å². The van der Waals surface area contributed by atoms with Gasteiger partial charge in [-0.25, -0.2) is 4.98 Å². The molecule has 0 saturated heterocycles. The molecule has 0 spiro atoms. The van der Waals surface area contributed by atoms with Gasteiger partial charge in [-0.1, -0.05) is 49.9 Å². The SMILES string of the molecule is CC(C)c1cccc(NC(=O)CSc2nc3ccccc3n2C(F)F)c1. The number of aromatic nitrogens is 2. The molecule has 3 aromatic rings. The number of carbonyl (C=O) groups is 1. The van der Waals surface area contributed by atoms with Gasteiger partial charge in [-0.2, -0.15) is 8.78 Å². The normalized spacial score (nSPS) is 11.5. The van der Waals surface area contributed by atoms with E-state index in [0.29, 0.717) is 22.6 Å². The van der Waals surface area contributed by atoms with Gasteiger partial charge in [-0.3, -0.25) is 9.36 Å². The van der Waals surface area contributed by atoms with Gasteiger partial charge in [0.25, 0.3) is 0 Å². The Labute approximate surface area is 154 Å². The zero-order valence-corrected chi connectivity index (χ0v) is 15.3. The van der Waals surface area contributed by atoms with Crippen molar-refractivity contribution in [3.05, 3.63) is 54.1 Å². The molecule has 0 fully saturated rings. The monoisotopic (exact) mass is 375 g/mol. The van der Waals surface area contributed by atoms with Crippen molar-refractivity contribution < 1.29 is 13.6 Å². The molecule has 1 amide bonds. The van der Waals surface area contributed by atoms with E-state index >= 15 is 0 Å². The molecule has 0 aliphatic rings. The molecule has 0 atom stereocenters. The summed E-state index contributed by atoms with van der Waals surface area (Å²) in [6.45, 7) is 1.44. The Balaban J connectivity index is 1.71. The van der Waals surface area contributed by atoms with E-state index in [9.17, 15) is 13.6 Å². The van der Waals surface area contributed by atoms with Gasteiger partial charge < -0.3 is 5.32 Å². The maximum atomic E-state index is 13.4. The molecule has 0 aliphatic heterocycles. The summed E-state index contributed by atoms with van der Waals surface area (Å²) in [5.74, 6) is 0.0954. The number of anilines is 1. The van der Waals surface area contributed by atoms with Crippen LogP contribution in [0.3, 0.4) is 0 Å². The first kappa shape index (κ1) is 18.4.